The Morgan fingerprint density at radius 1 is 1.25 bits per heavy atom. The van der Waals surface area contributed by atoms with Crippen LogP contribution in [0.5, 0.6) is 5.75 Å². The molecule has 3 nitrogen and oxygen atoms in total. The summed E-state index contributed by atoms with van der Waals surface area (Å²) in [5.74, 6) is 0.794. The minimum Gasteiger partial charge on any atom is -0.497 e. The summed E-state index contributed by atoms with van der Waals surface area (Å²) >= 11 is 9.44. The molecule has 0 amide bonds. The Morgan fingerprint density at radius 2 is 1.95 bits per heavy atom. The van der Waals surface area contributed by atoms with Gasteiger partial charge in [0.1, 0.15) is 5.75 Å². The van der Waals surface area contributed by atoms with E-state index < -0.39 is 0 Å². The number of rotatable bonds is 5. The maximum absolute atomic E-state index is 9.56. The standard InChI is InChI=1S/C15H15BrClNO2/c1-20-12-5-3-11(4-6-12)18-15(9-19)10-2-7-13(16)14(17)8-10/h2-8,15,18-19H,9H2,1H3. The molecule has 0 aliphatic heterocycles. The number of benzene rings is 2. The Kier molecular flexibility index (Phi) is 5.29. The number of hydrogen-bond acceptors (Lipinski definition) is 3. The molecule has 1 unspecified atom stereocenters. The Labute approximate surface area is 131 Å². The van der Waals surface area contributed by atoms with E-state index >= 15 is 0 Å². The number of aliphatic hydroxyl groups is 1. The molecule has 0 heterocycles. The fourth-order valence-electron chi connectivity index (χ4n) is 1.85. The van der Waals surface area contributed by atoms with Crippen molar-refractivity contribution in [3.8, 4) is 5.75 Å². The van der Waals surface area contributed by atoms with Crippen LogP contribution in [-0.4, -0.2) is 18.8 Å². The Hall–Kier alpha value is -1.23. The molecular formula is C15H15BrClNO2. The first-order chi connectivity index (χ1) is 9.63. The van der Waals surface area contributed by atoms with Crippen LogP contribution < -0.4 is 10.1 Å². The number of methoxy groups -OCH3 is 1. The van der Waals surface area contributed by atoms with Crippen molar-refractivity contribution in [1.29, 1.82) is 0 Å². The number of nitrogens with one attached hydrogen (secondary N) is 1. The Balaban J connectivity index is 2.16. The van der Waals surface area contributed by atoms with E-state index in [0.717, 1.165) is 21.5 Å². The predicted octanol–water partition coefficient (Wildman–Crippen LogP) is 4.26. The lowest BCUT2D eigenvalue weighted by Crippen LogP contribution is -2.14. The maximum Gasteiger partial charge on any atom is 0.119 e. The second kappa shape index (κ2) is 6.97. The van der Waals surface area contributed by atoms with E-state index in [1.54, 1.807) is 7.11 Å². The molecule has 5 heteroatoms. The van der Waals surface area contributed by atoms with E-state index in [1.165, 1.54) is 0 Å². The average Bonchev–Trinajstić information content (AvgIpc) is 2.48. The molecule has 0 saturated heterocycles. The smallest absolute Gasteiger partial charge is 0.119 e. The number of hydrogen-bond donors (Lipinski definition) is 2. The van der Waals surface area contributed by atoms with Crippen LogP contribution in [0.4, 0.5) is 5.69 Å². The summed E-state index contributed by atoms with van der Waals surface area (Å²) in [6, 6.07) is 13.0. The van der Waals surface area contributed by atoms with Gasteiger partial charge in [-0.2, -0.15) is 0 Å². The highest BCUT2D eigenvalue weighted by atomic mass is 79.9. The van der Waals surface area contributed by atoms with E-state index in [2.05, 4.69) is 21.2 Å². The van der Waals surface area contributed by atoms with Gasteiger partial charge in [0, 0.05) is 10.2 Å². The van der Waals surface area contributed by atoms with E-state index in [4.69, 9.17) is 16.3 Å². The van der Waals surface area contributed by atoms with Crippen molar-refractivity contribution in [2.75, 3.05) is 19.0 Å². The van der Waals surface area contributed by atoms with Crippen molar-refractivity contribution >= 4 is 33.2 Å². The van der Waals surface area contributed by atoms with Crippen molar-refractivity contribution in [3.63, 3.8) is 0 Å². The molecule has 106 valence electrons. The van der Waals surface area contributed by atoms with Crippen LogP contribution in [0.15, 0.2) is 46.9 Å². The molecule has 0 radical (unpaired) electrons. The normalized spacial score (nSPS) is 12.0. The van der Waals surface area contributed by atoms with Gasteiger partial charge in [-0.05, 0) is 57.9 Å². The number of anilines is 1. The van der Waals surface area contributed by atoms with Gasteiger partial charge in [0.2, 0.25) is 0 Å². The highest BCUT2D eigenvalue weighted by Gasteiger charge is 2.11. The first-order valence-corrected chi connectivity index (χ1v) is 7.27. The monoisotopic (exact) mass is 355 g/mol. The van der Waals surface area contributed by atoms with Crippen LogP contribution in [0.1, 0.15) is 11.6 Å². The molecule has 0 bridgehead atoms. The summed E-state index contributed by atoms with van der Waals surface area (Å²) in [4.78, 5) is 0. The molecule has 0 aliphatic rings. The van der Waals surface area contributed by atoms with Gasteiger partial charge in [-0.1, -0.05) is 17.7 Å². The van der Waals surface area contributed by atoms with Crippen molar-refractivity contribution in [1.82, 2.24) is 0 Å². The zero-order chi connectivity index (χ0) is 14.5. The van der Waals surface area contributed by atoms with E-state index in [1.807, 2.05) is 42.5 Å². The van der Waals surface area contributed by atoms with E-state index in [-0.39, 0.29) is 12.6 Å². The summed E-state index contributed by atoms with van der Waals surface area (Å²) in [6.45, 7) is -0.0238. The van der Waals surface area contributed by atoms with Crippen LogP contribution in [0.2, 0.25) is 5.02 Å². The summed E-state index contributed by atoms with van der Waals surface area (Å²) in [5, 5.41) is 13.4. The minimum absolute atomic E-state index is 0.0238. The lowest BCUT2D eigenvalue weighted by molar-refractivity contribution is 0.276. The van der Waals surface area contributed by atoms with Crippen molar-refractivity contribution in [2.45, 2.75) is 6.04 Å². The fourth-order valence-corrected chi connectivity index (χ4v) is 2.29. The predicted molar refractivity (Wildman–Crippen MR) is 85.6 cm³/mol. The summed E-state index contributed by atoms with van der Waals surface area (Å²) in [5.41, 5.74) is 1.83. The van der Waals surface area contributed by atoms with E-state index in [0.29, 0.717) is 5.02 Å². The van der Waals surface area contributed by atoms with Crippen molar-refractivity contribution in [2.24, 2.45) is 0 Å². The fraction of sp³-hybridized carbons (Fsp3) is 0.200. The largest absolute Gasteiger partial charge is 0.497 e. The molecule has 0 fully saturated rings. The molecule has 1 atom stereocenters. The number of aliphatic hydroxyl groups excluding tert-OH is 1. The van der Waals surface area contributed by atoms with Gasteiger partial charge in [-0.15, -0.1) is 0 Å². The molecular weight excluding hydrogens is 342 g/mol. The van der Waals surface area contributed by atoms with Gasteiger partial charge in [0.05, 0.1) is 24.8 Å². The lowest BCUT2D eigenvalue weighted by Gasteiger charge is -2.18. The van der Waals surface area contributed by atoms with Crippen LogP contribution >= 0.6 is 27.5 Å². The van der Waals surface area contributed by atoms with Gasteiger partial charge in [-0.3, -0.25) is 0 Å². The highest BCUT2D eigenvalue weighted by molar-refractivity contribution is 9.10. The quantitative estimate of drug-likeness (QED) is 0.841. The molecule has 2 aromatic rings. The summed E-state index contributed by atoms with van der Waals surface area (Å²) in [7, 11) is 1.63. The van der Waals surface area contributed by atoms with Crippen LogP contribution in [0.3, 0.4) is 0 Å². The third-order valence-electron chi connectivity index (χ3n) is 2.96. The second-order valence-corrected chi connectivity index (χ2v) is 5.54. The maximum atomic E-state index is 9.56. The molecule has 2 rings (SSSR count). The molecule has 0 aromatic heterocycles. The van der Waals surface area contributed by atoms with Crippen LogP contribution in [-0.2, 0) is 0 Å². The molecule has 20 heavy (non-hydrogen) atoms. The molecule has 2 aromatic carbocycles. The van der Waals surface area contributed by atoms with Gasteiger partial charge in [0.15, 0.2) is 0 Å². The first-order valence-electron chi connectivity index (χ1n) is 6.10. The summed E-state index contributed by atoms with van der Waals surface area (Å²) in [6.07, 6.45) is 0. The van der Waals surface area contributed by atoms with Gasteiger partial charge < -0.3 is 15.2 Å². The van der Waals surface area contributed by atoms with Gasteiger partial charge in [0.25, 0.3) is 0 Å². The number of ether oxygens (including phenoxy) is 1. The Morgan fingerprint density at radius 3 is 2.50 bits per heavy atom. The topological polar surface area (TPSA) is 41.5 Å². The highest BCUT2D eigenvalue weighted by Crippen LogP contribution is 2.28. The zero-order valence-corrected chi connectivity index (χ0v) is 13.3. The third-order valence-corrected chi connectivity index (χ3v) is 4.19. The molecule has 2 N–H and O–H groups in total. The summed E-state index contributed by atoms with van der Waals surface area (Å²) < 4.78 is 5.95. The molecule has 0 aliphatic carbocycles. The van der Waals surface area contributed by atoms with Crippen molar-refractivity contribution in [3.05, 3.63) is 57.5 Å². The van der Waals surface area contributed by atoms with Crippen LogP contribution in [0, 0.1) is 0 Å². The number of halogens is 2. The van der Waals surface area contributed by atoms with E-state index in [9.17, 15) is 5.11 Å². The minimum atomic E-state index is -0.214. The molecule has 0 spiro atoms. The van der Waals surface area contributed by atoms with Gasteiger partial charge in [-0.25, -0.2) is 0 Å². The van der Waals surface area contributed by atoms with Crippen LogP contribution in [0.25, 0.3) is 0 Å². The molecule has 0 saturated carbocycles. The third kappa shape index (κ3) is 3.66. The SMILES string of the molecule is COc1ccc(NC(CO)c2ccc(Br)c(Cl)c2)cc1. The average molecular weight is 357 g/mol. The second-order valence-electron chi connectivity index (χ2n) is 4.28. The first kappa shape index (κ1) is 15.2. The lowest BCUT2D eigenvalue weighted by atomic mass is 10.1. The Bertz CT molecular complexity index is 575. The zero-order valence-electron chi connectivity index (χ0n) is 10.9. The van der Waals surface area contributed by atoms with Crippen molar-refractivity contribution < 1.29 is 9.84 Å². The van der Waals surface area contributed by atoms with Gasteiger partial charge >= 0.3 is 0 Å².